The molecule has 0 spiro atoms. The Kier molecular flexibility index (Phi) is 5.83. The first-order chi connectivity index (χ1) is 7.74. The van der Waals surface area contributed by atoms with E-state index in [-0.39, 0.29) is 0 Å². The van der Waals surface area contributed by atoms with Crippen molar-refractivity contribution in [3.8, 4) is 0 Å². The fourth-order valence-corrected chi connectivity index (χ4v) is 2.16. The lowest BCUT2D eigenvalue weighted by Crippen LogP contribution is -1.87. The van der Waals surface area contributed by atoms with E-state index in [4.69, 9.17) is 5.53 Å². The molecule has 0 aromatic heterocycles. The zero-order valence-corrected chi connectivity index (χ0v) is 10.6. The summed E-state index contributed by atoms with van der Waals surface area (Å²) in [6.45, 7) is 4.98. The van der Waals surface area contributed by atoms with Crippen molar-refractivity contribution < 1.29 is 0 Å². The van der Waals surface area contributed by atoms with Crippen LogP contribution in [0.25, 0.3) is 10.4 Å². The molecule has 3 nitrogen and oxygen atoms in total. The molecule has 0 saturated carbocycles. The summed E-state index contributed by atoms with van der Waals surface area (Å²) in [6, 6.07) is 8.68. The van der Waals surface area contributed by atoms with Crippen LogP contribution in [0.3, 0.4) is 0 Å². The molecule has 0 bridgehead atoms. The smallest absolute Gasteiger partial charge is 0.0265 e. The van der Waals surface area contributed by atoms with Gasteiger partial charge in [0.2, 0.25) is 0 Å². The second-order valence-electron chi connectivity index (χ2n) is 3.88. The Balaban J connectivity index is 2.34. The second-order valence-corrected chi connectivity index (χ2v) is 5.05. The summed E-state index contributed by atoms with van der Waals surface area (Å²) in [5.74, 6) is 1.59. The third-order valence-electron chi connectivity index (χ3n) is 2.28. The van der Waals surface area contributed by atoms with Gasteiger partial charge in [-0.3, -0.25) is 0 Å². The highest BCUT2D eigenvalue weighted by atomic mass is 32.2. The third kappa shape index (κ3) is 4.60. The van der Waals surface area contributed by atoms with Gasteiger partial charge in [0.25, 0.3) is 0 Å². The monoisotopic (exact) mass is 235 g/mol. The fourth-order valence-electron chi connectivity index (χ4n) is 1.32. The lowest BCUT2D eigenvalue weighted by atomic mass is 10.0. The van der Waals surface area contributed by atoms with E-state index in [9.17, 15) is 0 Å². The van der Waals surface area contributed by atoms with Crippen molar-refractivity contribution in [2.45, 2.75) is 31.1 Å². The minimum absolute atomic E-state index is 0.587. The van der Waals surface area contributed by atoms with Gasteiger partial charge >= 0.3 is 0 Å². The molecule has 16 heavy (non-hydrogen) atoms. The Morgan fingerprint density at radius 1 is 1.31 bits per heavy atom. The quantitative estimate of drug-likeness (QED) is 0.234. The maximum absolute atomic E-state index is 8.12. The van der Waals surface area contributed by atoms with Crippen LogP contribution in [0.15, 0.2) is 34.3 Å². The summed E-state index contributed by atoms with van der Waals surface area (Å²) in [7, 11) is 0. The van der Waals surface area contributed by atoms with Crippen LogP contribution in [-0.4, -0.2) is 12.3 Å². The second kappa shape index (κ2) is 7.20. The molecule has 0 aliphatic heterocycles. The lowest BCUT2D eigenvalue weighted by Gasteiger charge is -2.06. The van der Waals surface area contributed by atoms with Crippen molar-refractivity contribution >= 4 is 11.8 Å². The Bertz CT molecular complexity index is 353. The topological polar surface area (TPSA) is 48.8 Å². The largest absolute Gasteiger partial charge is 0.126 e. The molecule has 0 aliphatic carbocycles. The standard InChI is InChI=1S/C12H17N3S/c1-10(2)11-4-6-12(7-5-11)16-9-3-8-14-15-13/h4-7,10H,3,8-9H2,1-2H3. The highest BCUT2D eigenvalue weighted by Gasteiger charge is 1.98. The number of thioether (sulfide) groups is 1. The minimum atomic E-state index is 0.587. The first-order valence-electron chi connectivity index (χ1n) is 5.47. The van der Waals surface area contributed by atoms with Crippen LogP contribution < -0.4 is 0 Å². The van der Waals surface area contributed by atoms with Crippen molar-refractivity contribution in [1.29, 1.82) is 0 Å². The van der Waals surface area contributed by atoms with Crippen molar-refractivity contribution in [3.63, 3.8) is 0 Å². The van der Waals surface area contributed by atoms with Gasteiger partial charge in [0, 0.05) is 16.4 Å². The van der Waals surface area contributed by atoms with Gasteiger partial charge in [-0.25, -0.2) is 0 Å². The van der Waals surface area contributed by atoms with Crippen LogP contribution in [0.1, 0.15) is 31.7 Å². The molecule has 0 saturated heterocycles. The molecule has 0 fully saturated rings. The van der Waals surface area contributed by atoms with E-state index in [0.717, 1.165) is 12.2 Å². The van der Waals surface area contributed by atoms with E-state index < -0.39 is 0 Å². The lowest BCUT2D eigenvalue weighted by molar-refractivity contribution is 0.865. The van der Waals surface area contributed by atoms with E-state index in [1.807, 2.05) is 11.8 Å². The van der Waals surface area contributed by atoms with Gasteiger partial charge in [0.15, 0.2) is 0 Å². The van der Waals surface area contributed by atoms with Crippen LogP contribution in [0.5, 0.6) is 0 Å². The van der Waals surface area contributed by atoms with Crippen LogP contribution in [0, 0.1) is 0 Å². The predicted molar refractivity (Wildman–Crippen MR) is 69.9 cm³/mol. The molecule has 1 aromatic rings. The molecular weight excluding hydrogens is 218 g/mol. The maximum Gasteiger partial charge on any atom is 0.0265 e. The van der Waals surface area contributed by atoms with Gasteiger partial charge in [-0.1, -0.05) is 31.1 Å². The van der Waals surface area contributed by atoms with E-state index in [1.54, 1.807) is 0 Å². The van der Waals surface area contributed by atoms with E-state index in [1.165, 1.54) is 10.5 Å². The average Bonchev–Trinajstić information content (AvgIpc) is 2.29. The van der Waals surface area contributed by atoms with Crippen LogP contribution in [0.4, 0.5) is 0 Å². The van der Waals surface area contributed by atoms with Gasteiger partial charge in [-0.2, -0.15) is 0 Å². The number of azide groups is 1. The molecule has 0 aliphatic rings. The molecular formula is C12H17N3S. The molecule has 1 rings (SSSR count). The van der Waals surface area contributed by atoms with Crippen molar-refractivity contribution in [2.75, 3.05) is 12.3 Å². The molecule has 0 unspecified atom stereocenters. The number of rotatable bonds is 6. The third-order valence-corrected chi connectivity index (χ3v) is 3.38. The van der Waals surface area contributed by atoms with Gasteiger partial charge in [-0.15, -0.1) is 11.8 Å². The van der Waals surface area contributed by atoms with E-state index in [0.29, 0.717) is 12.5 Å². The summed E-state index contributed by atoms with van der Waals surface area (Å²) in [4.78, 5) is 4.01. The van der Waals surface area contributed by atoms with Crippen LogP contribution in [-0.2, 0) is 0 Å². The van der Waals surface area contributed by atoms with Gasteiger partial charge in [0.1, 0.15) is 0 Å². The summed E-state index contributed by atoms with van der Waals surface area (Å²) >= 11 is 1.81. The van der Waals surface area contributed by atoms with Gasteiger partial charge < -0.3 is 0 Å². The predicted octanol–water partition coefficient (Wildman–Crippen LogP) is 4.60. The summed E-state index contributed by atoms with van der Waals surface area (Å²) < 4.78 is 0. The van der Waals surface area contributed by atoms with Crippen molar-refractivity contribution in [2.24, 2.45) is 5.11 Å². The number of hydrogen-bond donors (Lipinski definition) is 0. The molecule has 4 heteroatoms. The molecule has 0 radical (unpaired) electrons. The zero-order valence-electron chi connectivity index (χ0n) is 9.76. The number of hydrogen-bond acceptors (Lipinski definition) is 2. The Labute approximate surface area is 101 Å². The maximum atomic E-state index is 8.12. The zero-order chi connectivity index (χ0) is 11.8. The summed E-state index contributed by atoms with van der Waals surface area (Å²) in [6.07, 6.45) is 0.931. The van der Waals surface area contributed by atoms with Crippen LogP contribution >= 0.6 is 11.8 Å². The fraction of sp³-hybridized carbons (Fsp3) is 0.500. The average molecular weight is 235 g/mol. The molecule has 0 atom stereocenters. The number of nitrogens with zero attached hydrogens (tertiary/aromatic N) is 3. The molecule has 1 aromatic carbocycles. The van der Waals surface area contributed by atoms with Crippen molar-refractivity contribution in [3.05, 3.63) is 40.3 Å². The SMILES string of the molecule is CC(C)c1ccc(SCCCN=[N+]=[N-])cc1. The van der Waals surface area contributed by atoms with E-state index >= 15 is 0 Å². The minimum Gasteiger partial charge on any atom is -0.126 e. The number of benzene rings is 1. The Morgan fingerprint density at radius 2 is 2.00 bits per heavy atom. The Hall–Kier alpha value is -1.12. The first kappa shape index (κ1) is 12.9. The highest BCUT2D eigenvalue weighted by Crippen LogP contribution is 2.22. The summed E-state index contributed by atoms with van der Waals surface area (Å²) in [5, 5.41) is 3.51. The van der Waals surface area contributed by atoms with Crippen LogP contribution in [0.2, 0.25) is 0 Å². The normalized spacial score (nSPS) is 10.2. The first-order valence-corrected chi connectivity index (χ1v) is 6.46. The highest BCUT2D eigenvalue weighted by molar-refractivity contribution is 7.99. The molecule has 86 valence electrons. The van der Waals surface area contributed by atoms with E-state index in [2.05, 4.69) is 48.1 Å². The molecule has 0 N–H and O–H groups in total. The molecule has 0 heterocycles. The molecule has 0 amide bonds. The van der Waals surface area contributed by atoms with Gasteiger partial charge in [0.05, 0.1) is 0 Å². The van der Waals surface area contributed by atoms with Crippen molar-refractivity contribution in [1.82, 2.24) is 0 Å². The Morgan fingerprint density at radius 3 is 2.56 bits per heavy atom. The summed E-state index contributed by atoms with van der Waals surface area (Å²) in [5.41, 5.74) is 9.49. The van der Waals surface area contributed by atoms with Gasteiger partial charge in [-0.05, 0) is 41.3 Å².